The summed E-state index contributed by atoms with van der Waals surface area (Å²) < 4.78 is 12.1. The van der Waals surface area contributed by atoms with Crippen molar-refractivity contribution < 1.29 is 9.32 Å². The molecule has 2 saturated heterocycles. The Labute approximate surface area is 111 Å². The molecule has 1 N–H and O–H groups in total. The first kappa shape index (κ1) is 12.4. The Bertz CT molecular complexity index is 493. The fourth-order valence-electron chi connectivity index (χ4n) is 3.54. The molecule has 98 valence electrons. The van der Waals surface area contributed by atoms with E-state index in [1.54, 1.807) is 0 Å². The van der Waals surface area contributed by atoms with E-state index in [-0.39, 0.29) is 10.5 Å². The first-order chi connectivity index (χ1) is 8.49. The molecule has 0 aliphatic carbocycles. The fourth-order valence-corrected chi connectivity index (χ4v) is 5.70. The zero-order valence-electron chi connectivity index (χ0n) is 11.0. The van der Waals surface area contributed by atoms with Crippen molar-refractivity contribution >= 4 is 10.8 Å². The van der Waals surface area contributed by atoms with Gasteiger partial charge < -0.3 is 5.11 Å². The second kappa shape index (κ2) is 4.17. The molecular formula is C15H20O2S. The van der Waals surface area contributed by atoms with E-state index in [0.717, 1.165) is 24.0 Å². The van der Waals surface area contributed by atoms with Crippen LogP contribution >= 0.6 is 0 Å². The smallest absolute Gasteiger partial charge is 0.0922 e. The van der Waals surface area contributed by atoms with E-state index in [2.05, 4.69) is 32.0 Å². The van der Waals surface area contributed by atoms with Crippen LogP contribution in [0.25, 0.3) is 0 Å². The van der Waals surface area contributed by atoms with Crippen LogP contribution in [0.5, 0.6) is 0 Å². The highest BCUT2D eigenvalue weighted by atomic mass is 32.2. The normalized spacial score (nSPS) is 38.9. The largest absolute Gasteiger partial charge is 0.385 e. The maximum atomic E-state index is 12.1. The summed E-state index contributed by atoms with van der Waals surface area (Å²) in [6, 6.07) is 6.26. The first-order valence-electron chi connectivity index (χ1n) is 6.69. The number of benzene rings is 1. The maximum Gasteiger partial charge on any atom is 0.0922 e. The second-order valence-corrected chi connectivity index (χ2v) is 7.90. The lowest BCUT2D eigenvalue weighted by atomic mass is 9.83. The van der Waals surface area contributed by atoms with E-state index < -0.39 is 16.4 Å². The van der Waals surface area contributed by atoms with Gasteiger partial charge in [-0.15, -0.1) is 0 Å². The van der Waals surface area contributed by atoms with Crippen molar-refractivity contribution in [3.05, 3.63) is 34.9 Å². The minimum atomic E-state index is -0.754. The average molecular weight is 264 g/mol. The molecule has 0 radical (unpaired) electrons. The van der Waals surface area contributed by atoms with Gasteiger partial charge in [-0.1, -0.05) is 23.8 Å². The summed E-state index contributed by atoms with van der Waals surface area (Å²) in [4.78, 5) is 0. The van der Waals surface area contributed by atoms with Crippen molar-refractivity contribution in [2.75, 3.05) is 0 Å². The quantitative estimate of drug-likeness (QED) is 0.846. The lowest BCUT2D eigenvalue weighted by Crippen LogP contribution is -2.40. The molecule has 0 spiro atoms. The Balaban J connectivity index is 2.01. The Morgan fingerprint density at radius 1 is 1.22 bits per heavy atom. The van der Waals surface area contributed by atoms with E-state index in [0.29, 0.717) is 12.8 Å². The van der Waals surface area contributed by atoms with Crippen molar-refractivity contribution in [1.82, 2.24) is 0 Å². The van der Waals surface area contributed by atoms with Gasteiger partial charge in [-0.2, -0.15) is 0 Å². The zero-order valence-corrected chi connectivity index (χ0v) is 11.8. The third kappa shape index (κ3) is 1.84. The molecule has 1 aromatic rings. The van der Waals surface area contributed by atoms with Crippen molar-refractivity contribution in [1.29, 1.82) is 0 Å². The summed E-state index contributed by atoms with van der Waals surface area (Å²) in [7, 11) is -0.711. The average Bonchev–Trinajstić information content (AvgIpc) is 2.56. The molecule has 3 rings (SSSR count). The molecule has 2 atom stereocenters. The van der Waals surface area contributed by atoms with Crippen LogP contribution in [0.15, 0.2) is 18.2 Å². The molecule has 2 nitrogen and oxygen atoms in total. The van der Waals surface area contributed by atoms with Crippen molar-refractivity contribution in [3.63, 3.8) is 0 Å². The lowest BCUT2D eigenvalue weighted by Gasteiger charge is -2.37. The van der Waals surface area contributed by atoms with Crippen LogP contribution in [0.3, 0.4) is 0 Å². The minimum Gasteiger partial charge on any atom is -0.385 e. The molecule has 18 heavy (non-hydrogen) atoms. The van der Waals surface area contributed by atoms with Gasteiger partial charge in [0, 0.05) is 21.3 Å². The van der Waals surface area contributed by atoms with Gasteiger partial charge in [0.1, 0.15) is 0 Å². The SMILES string of the molecule is Cc1ccc(C)c(C2(O)CC3CCC(C2)S3=O)c1. The van der Waals surface area contributed by atoms with Crippen LogP contribution < -0.4 is 0 Å². The Hall–Kier alpha value is -0.670. The number of fused-ring (bicyclic) bond motifs is 2. The summed E-state index contributed by atoms with van der Waals surface area (Å²) in [6.07, 6.45) is 3.37. The second-order valence-electron chi connectivity index (χ2n) is 5.91. The van der Waals surface area contributed by atoms with Crippen LogP contribution in [-0.2, 0) is 16.4 Å². The molecule has 2 aliphatic rings. The Morgan fingerprint density at radius 2 is 1.83 bits per heavy atom. The summed E-state index contributed by atoms with van der Waals surface area (Å²) in [5.41, 5.74) is 2.63. The molecule has 0 saturated carbocycles. The molecule has 2 aliphatic heterocycles. The number of hydrogen-bond acceptors (Lipinski definition) is 2. The molecule has 0 aromatic heterocycles. The highest BCUT2D eigenvalue weighted by molar-refractivity contribution is 7.86. The summed E-state index contributed by atoms with van der Waals surface area (Å²) >= 11 is 0. The first-order valence-corrected chi connectivity index (χ1v) is 7.97. The van der Waals surface area contributed by atoms with E-state index in [1.807, 2.05) is 0 Å². The third-order valence-corrected chi connectivity index (χ3v) is 6.61. The predicted octanol–water partition coefficient (Wildman–Crippen LogP) is 2.56. The Morgan fingerprint density at radius 3 is 2.44 bits per heavy atom. The molecule has 1 aromatic carbocycles. The molecular weight excluding hydrogens is 244 g/mol. The van der Waals surface area contributed by atoms with Crippen molar-refractivity contribution in [3.8, 4) is 0 Å². The summed E-state index contributed by atoms with van der Waals surface area (Å²) in [5, 5.41) is 11.4. The highest BCUT2D eigenvalue weighted by Crippen LogP contribution is 2.46. The molecule has 2 unspecified atom stereocenters. The predicted molar refractivity (Wildman–Crippen MR) is 74.0 cm³/mol. The summed E-state index contributed by atoms with van der Waals surface area (Å²) in [6.45, 7) is 4.11. The monoisotopic (exact) mass is 264 g/mol. The van der Waals surface area contributed by atoms with Gasteiger partial charge >= 0.3 is 0 Å². The molecule has 2 fully saturated rings. The van der Waals surface area contributed by atoms with Crippen LogP contribution in [0.2, 0.25) is 0 Å². The van der Waals surface area contributed by atoms with Crippen LogP contribution in [0.1, 0.15) is 42.4 Å². The lowest BCUT2D eigenvalue weighted by molar-refractivity contribution is 0.0178. The number of aliphatic hydroxyl groups is 1. The van der Waals surface area contributed by atoms with Gasteiger partial charge in [0.05, 0.1) is 5.60 Å². The van der Waals surface area contributed by atoms with E-state index >= 15 is 0 Å². The topological polar surface area (TPSA) is 37.3 Å². The van der Waals surface area contributed by atoms with Gasteiger partial charge in [0.2, 0.25) is 0 Å². The van der Waals surface area contributed by atoms with Gasteiger partial charge in [0.15, 0.2) is 0 Å². The summed E-state index contributed by atoms with van der Waals surface area (Å²) in [5.74, 6) is 0. The van der Waals surface area contributed by atoms with Crippen LogP contribution in [-0.4, -0.2) is 19.8 Å². The molecule has 2 bridgehead atoms. The van der Waals surface area contributed by atoms with E-state index in [4.69, 9.17) is 0 Å². The van der Waals surface area contributed by atoms with Gasteiger partial charge in [-0.3, -0.25) is 4.21 Å². The molecule has 2 heterocycles. The minimum absolute atomic E-state index is 0.202. The molecule has 0 amide bonds. The van der Waals surface area contributed by atoms with E-state index in [9.17, 15) is 9.32 Å². The van der Waals surface area contributed by atoms with Gasteiger partial charge in [-0.25, -0.2) is 0 Å². The van der Waals surface area contributed by atoms with Crippen LogP contribution in [0, 0.1) is 13.8 Å². The van der Waals surface area contributed by atoms with E-state index in [1.165, 1.54) is 5.56 Å². The van der Waals surface area contributed by atoms with Crippen molar-refractivity contribution in [2.45, 2.75) is 55.6 Å². The highest BCUT2D eigenvalue weighted by Gasteiger charge is 2.48. The maximum absolute atomic E-state index is 12.1. The van der Waals surface area contributed by atoms with Gasteiger partial charge in [-0.05, 0) is 50.7 Å². The number of hydrogen-bond donors (Lipinski definition) is 1. The van der Waals surface area contributed by atoms with Crippen LogP contribution in [0.4, 0.5) is 0 Å². The standard InChI is InChI=1S/C15H20O2S/c1-10-3-4-11(2)14(7-10)15(16)8-12-5-6-13(9-15)18(12)17/h3-4,7,12-13,16H,5-6,8-9H2,1-2H3. The fraction of sp³-hybridized carbons (Fsp3) is 0.600. The zero-order chi connectivity index (χ0) is 12.9. The third-order valence-electron chi connectivity index (χ3n) is 4.49. The number of aryl methyl sites for hydroxylation is 2. The Kier molecular flexibility index (Phi) is 2.87. The van der Waals surface area contributed by atoms with Crippen molar-refractivity contribution in [2.24, 2.45) is 0 Å². The number of rotatable bonds is 1. The van der Waals surface area contributed by atoms with Gasteiger partial charge in [0.25, 0.3) is 0 Å². The molecule has 3 heteroatoms.